The molecular formula is C23H26N2O3S. The molecule has 1 saturated carbocycles. The molecule has 5 nitrogen and oxygen atoms in total. The molecule has 152 valence electrons. The van der Waals surface area contributed by atoms with Crippen LogP contribution >= 0.6 is 11.8 Å². The lowest BCUT2D eigenvalue weighted by molar-refractivity contribution is -0.152. The predicted octanol–water partition coefficient (Wildman–Crippen LogP) is 3.58. The zero-order valence-electron chi connectivity index (χ0n) is 16.5. The summed E-state index contributed by atoms with van der Waals surface area (Å²) < 4.78 is 0. The topological polar surface area (TPSA) is 69.6 Å². The van der Waals surface area contributed by atoms with E-state index in [-0.39, 0.29) is 11.2 Å². The molecule has 0 radical (unpaired) electrons. The van der Waals surface area contributed by atoms with Gasteiger partial charge in [-0.25, -0.2) is 5.01 Å². The van der Waals surface area contributed by atoms with E-state index >= 15 is 0 Å². The van der Waals surface area contributed by atoms with Gasteiger partial charge in [-0.2, -0.15) is 0 Å². The number of hydrazine groups is 1. The summed E-state index contributed by atoms with van der Waals surface area (Å²) in [6, 6.07) is 17.8. The maximum absolute atomic E-state index is 13.5. The Bertz CT molecular complexity index is 842. The van der Waals surface area contributed by atoms with Crippen molar-refractivity contribution < 1.29 is 14.7 Å². The summed E-state index contributed by atoms with van der Waals surface area (Å²) in [6.45, 7) is 1.89. The minimum Gasteiger partial charge on any atom is -0.372 e. The van der Waals surface area contributed by atoms with Gasteiger partial charge in [-0.05, 0) is 30.9 Å². The molecular weight excluding hydrogens is 384 g/mol. The second-order valence-corrected chi connectivity index (χ2v) is 9.53. The normalized spacial score (nSPS) is 21.4. The number of carbonyl (C=O) groups is 2. The standard InChI is InChI=1S/C23H26N2O3S/c1-17-20(26)25(22(29-17)15-9-4-10-16-22)24-21(27)23(28,18-11-5-2-6-12-18)19-13-7-3-8-14-19/h2-3,5-8,11-14,17,28H,4,9-10,15-16H2,1H3,(H,24,27). The van der Waals surface area contributed by atoms with Crippen LogP contribution in [0.25, 0.3) is 0 Å². The Labute approximate surface area is 175 Å². The first-order valence-corrected chi connectivity index (χ1v) is 11.0. The van der Waals surface area contributed by atoms with Crippen molar-refractivity contribution in [2.75, 3.05) is 0 Å². The van der Waals surface area contributed by atoms with Crippen molar-refractivity contribution in [1.82, 2.24) is 10.4 Å². The SMILES string of the molecule is CC1SC2(CCCCC2)N(NC(=O)C(O)(c2ccccc2)c2ccccc2)C1=O. The van der Waals surface area contributed by atoms with Crippen molar-refractivity contribution in [2.24, 2.45) is 0 Å². The Morgan fingerprint density at radius 1 is 1.03 bits per heavy atom. The van der Waals surface area contributed by atoms with Gasteiger partial charge in [0.1, 0.15) is 4.87 Å². The van der Waals surface area contributed by atoms with Crippen LogP contribution in [0, 0.1) is 0 Å². The van der Waals surface area contributed by atoms with Crippen LogP contribution in [0.15, 0.2) is 60.7 Å². The van der Waals surface area contributed by atoms with Gasteiger partial charge < -0.3 is 5.11 Å². The van der Waals surface area contributed by atoms with E-state index in [9.17, 15) is 14.7 Å². The van der Waals surface area contributed by atoms with Crippen molar-refractivity contribution in [2.45, 2.75) is 54.7 Å². The third-order valence-electron chi connectivity index (χ3n) is 5.93. The smallest absolute Gasteiger partial charge is 0.279 e. The highest BCUT2D eigenvalue weighted by Crippen LogP contribution is 2.49. The Morgan fingerprint density at radius 2 is 1.55 bits per heavy atom. The third kappa shape index (κ3) is 3.45. The van der Waals surface area contributed by atoms with E-state index in [0.717, 1.165) is 32.1 Å². The molecule has 1 saturated heterocycles. The van der Waals surface area contributed by atoms with Gasteiger partial charge in [0.05, 0.1) is 5.25 Å². The van der Waals surface area contributed by atoms with E-state index in [1.54, 1.807) is 60.3 Å². The number of benzene rings is 2. The van der Waals surface area contributed by atoms with E-state index in [0.29, 0.717) is 11.1 Å². The highest BCUT2D eigenvalue weighted by Gasteiger charge is 2.53. The second-order valence-electron chi connectivity index (χ2n) is 7.82. The molecule has 29 heavy (non-hydrogen) atoms. The minimum atomic E-state index is -1.89. The van der Waals surface area contributed by atoms with Crippen molar-refractivity contribution in [3.8, 4) is 0 Å². The molecule has 2 amide bonds. The van der Waals surface area contributed by atoms with Gasteiger partial charge in [0.2, 0.25) is 0 Å². The van der Waals surface area contributed by atoms with Crippen LogP contribution < -0.4 is 5.43 Å². The fourth-order valence-electron chi connectivity index (χ4n) is 4.39. The van der Waals surface area contributed by atoms with E-state index in [1.165, 1.54) is 5.01 Å². The number of amides is 2. The lowest BCUT2D eigenvalue weighted by atomic mass is 9.85. The van der Waals surface area contributed by atoms with Crippen LogP contribution in [-0.4, -0.2) is 32.1 Å². The maximum atomic E-state index is 13.5. The van der Waals surface area contributed by atoms with Gasteiger partial charge in [0.25, 0.3) is 11.8 Å². The van der Waals surface area contributed by atoms with Gasteiger partial charge in [-0.1, -0.05) is 79.9 Å². The molecule has 2 aromatic carbocycles. The summed E-state index contributed by atoms with van der Waals surface area (Å²) in [7, 11) is 0. The van der Waals surface area contributed by atoms with E-state index in [4.69, 9.17) is 0 Å². The van der Waals surface area contributed by atoms with Crippen LogP contribution in [0.4, 0.5) is 0 Å². The number of thioether (sulfide) groups is 1. The quantitative estimate of drug-likeness (QED) is 0.808. The predicted molar refractivity (Wildman–Crippen MR) is 114 cm³/mol. The lowest BCUT2D eigenvalue weighted by Crippen LogP contribution is -2.59. The number of hydrogen-bond acceptors (Lipinski definition) is 4. The summed E-state index contributed by atoms with van der Waals surface area (Å²) in [6.07, 6.45) is 4.90. The van der Waals surface area contributed by atoms with Gasteiger partial charge in [-0.15, -0.1) is 11.8 Å². The molecule has 1 aliphatic heterocycles. The van der Waals surface area contributed by atoms with Gasteiger partial charge in [-0.3, -0.25) is 15.0 Å². The lowest BCUT2D eigenvalue weighted by Gasteiger charge is -2.41. The van der Waals surface area contributed by atoms with Crippen LogP contribution in [0.3, 0.4) is 0 Å². The molecule has 1 heterocycles. The fraction of sp³-hybridized carbons (Fsp3) is 0.391. The van der Waals surface area contributed by atoms with Crippen molar-refractivity contribution in [3.63, 3.8) is 0 Å². The first-order chi connectivity index (χ1) is 14.0. The highest BCUT2D eigenvalue weighted by atomic mass is 32.2. The maximum Gasteiger partial charge on any atom is 0.279 e. The fourth-order valence-corrected chi connectivity index (χ4v) is 6.02. The van der Waals surface area contributed by atoms with E-state index < -0.39 is 16.4 Å². The number of nitrogens with zero attached hydrogens (tertiary/aromatic N) is 1. The zero-order chi connectivity index (χ0) is 20.5. The summed E-state index contributed by atoms with van der Waals surface area (Å²) in [5.41, 5.74) is 1.87. The highest BCUT2D eigenvalue weighted by molar-refractivity contribution is 8.02. The first-order valence-electron chi connectivity index (χ1n) is 10.1. The monoisotopic (exact) mass is 410 g/mol. The van der Waals surface area contributed by atoms with Crippen LogP contribution in [0.5, 0.6) is 0 Å². The average Bonchev–Trinajstić information content (AvgIpc) is 2.98. The summed E-state index contributed by atoms with van der Waals surface area (Å²) in [4.78, 5) is 26.0. The minimum absolute atomic E-state index is 0.103. The summed E-state index contributed by atoms with van der Waals surface area (Å²) in [5, 5.41) is 13.0. The molecule has 2 aromatic rings. The molecule has 4 rings (SSSR count). The summed E-state index contributed by atoms with van der Waals surface area (Å²) in [5.74, 6) is -0.711. The number of hydrogen-bond donors (Lipinski definition) is 2. The molecule has 0 aromatic heterocycles. The van der Waals surface area contributed by atoms with Crippen molar-refractivity contribution in [1.29, 1.82) is 0 Å². The average molecular weight is 411 g/mol. The van der Waals surface area contributed by atoms with Crippen LogP contribution in [0.1, 0.15) is 50.2 Å². The van der Waals surface area contributed by atoms with Crippen molar-refractivity contribution in [3.05, 3.63) is 71.8 Å². The van der Waals surface area contributed by atoms with E-state index in [1.807, 2.05) is 19.1 Å². The zero-order valence-corrected chi connectivity index (χ0v) is 17.3. The Hall–Kier alpha value is -2.31. The molecule has 1 atom stereocenters. The molecule has 1 unspecified atom stereocenters. The molecule has 2 fully saturated rings. The Kier molecular flexibility index (Phi) is 5.40. The molecule has 0 bridgehead atoms. The Balaban J connectivity index is 1.71. The van der Waals surface area contributed by atoms with E-state index in [2.05, 4.69) is 5.43 Å². The molecule has 2 aliphatic rings. The van der Waals surface area contributed by atoms with Crippen molar-refractivity contribution >= 4 is 23.6 Å². The van der Waals surface area contributed by atoms with Crippen LogP contribution in [0.2, 0.25) is 0 Å². The molecule has 2 N–H and O–H groups in total. The first kappa shape index (κ1) is 20.0. The molecule has 6 heteroatoms. The second kappa shape index (κ2) is 7.84. The summed E-state index contributed by atoms with van der Waals surface area (Å²) >= 11 is 1.63. The Morgan fingerprint density at radius 3 is 2.07 bits per heavy atom. The largest absolute Gasteiger partial charge is 0.372 e. The number of nitrogens with one attached hydrogen (secondary N) is 1. The van der Waals surface area contributed by atoms with Gasteiger partial charge >= 0.3 is 0 Å². The van der Waals surface area contributed by atoms with Gasteiger partial charge in [0.15, 0.2) is 5.60 Å². The third-order valence-corrected chi connectivity index (χ3v) is 7.52. The number of rotatable bonds is 4. The number of carbonyl (C=O) groups excluding carboxylic acids is 2. The van der Waals surface area contributed by atoms with Gasteiger partial charge in [0, 0.05) is 0 Å². The number of aliphatic hydroxyl groups is 1. The molecule has 1 aliphatic carbocycles. The molecule has 1 spiro atoms. The van der Waals surface area contributed by atoms with Crippen LogP contribution in [-0.2, 0) is 15.2 Å².